The average Bonchev–Trinajstić information content (AvgIpc) is 3.23. The number of carbonyl (C=O) groups excluding carboxylic acids is 1. The van der Waals surface area contributed by atoms with Gasteiger partial charge in [0.2, 0.25) is 0 Å². The van der Waals surface area contributed by atoms with Gasteiger partial charge < -0.3 is 4.74 Å². The summed E-state index contributed by atoms with van der Waals surface area (Å²) in [5.74, 6) is 5.04. The molecule has 0 N–H and O–H groups in total. The van der Waals surface area contributed by atoms with Crippen molar-refractivity contribution in [1.29, 1.82) is 0 Å². The van der Waals surface area contributed by atoms with E-state index >= 15 is 0 Å². The molecule has 0 aromatic heterocycles. The molecule has 4 aliphatic carbocycles. The summed E-state index contributed by atoms with van der Waals surface area (Å²) in [5.41, 5.74) is 3.39. The molecule has 4 aliphatic rings. The first-order chi connectivity index (χ1) is 18.1. The van der Waals surface area contributed by atoms with Crippen LogP contribution >= 0.6 is 11.6 Å². The van der Waals surface area contributed by atoms with E-state index in [1.54, 1.807) is 5.57 Å². The Bertz CT molecular complexity index is 1010. The maximum atomic E-state index is 12.7. The number of allylic oxidation sites excluding steroid dienone is 1. The Balaban J connectivity index is 1.21. The first kappa shape index (κ1) is 28.3. The van der Waals surface area contributed by atoms with Crippen LogP contribution in [-0.2, 0) is 16.0 Å². The monoisotopic (exact) mass is 538 g/mol. The van der Waals surface area contributed by atoms with Crippen molar-refractivity contribution in [2.75, 3.05) is 0 Å². The van der Waals surface area contributed by atoms with Crippen LogP contribution in [0.5, 0.6) is 0 Å². The van der Waals surface area contributed by atoms with Gasteiger partial charge in [0.1, 0.15) is 6.10 Å². The van der Waals surface area contributed by atoms with Crippen molar-refractivity contribution in [2.45, 2.75) is 118 Å². The van der Waals surface area contributed by atoms with Gasteiger partial charge in [-0.25, -0.2) is 0 Å². The van der Waals surface area contributed by atoms with E-state index in [1.807, 2.05) is 24.3 Å². The standard InChI is InChI=1S/C35H51ClO2/c1-23(2)7-6-8-24(3)30-15-16-31-29-14-11-26-22-28(38-33(37)21-25-9-12-27(36)13-10-25)17-19-34(26,4)32(29)18-20-35(30,31)5/h9-13,23-24,28-32H,6-8,14-22H2,1-5H3/t24-,28?,29?,30-,31?,32?,34+,35-/m1/s1. The molecule has 8 atom stereocenters. The zero-order valence-corrected chi connectivity index (χ0v) is 25.4. The van der Waals surface area contributed by atoms with Crippen LogP contribution in [0.1, 0.15) is 111 Å². The van der Waals surface area contributed by atoms with Crippen molar-refractivity contribution in [2.24, 2.45) is 46.3 Å². The molecule has 1 aromatic carbocycles. The van der Waals surface area contributed by atoms with Crippen molar-refractivity contribution in [3.8, 4) is 0 Å². The molecule has 210 valence electrons. The quantitative estimate of drug-likeness (QED) is 0.243. The molecule has 3 fully saturated rings. The summed E-state index contributed by atoms with van der Waals surface area (Å²) < 4.78 is 6.02. The van der Waals surface area contributed by atoms with Crippen molar-refractivity contribution >= 4 is 17.6 Å². The highest BCUT2D eigenvalue weighted by Crippen LogP contribution is 2.67. The molecule has 5 rings (SSSR count). The van der Waals surface area contributed by atoms with Crippen molar-refractivity contribution < 1.29 is 9.53 Å². The van der Waals surface area contributed by atoms with Crippen LogP contribution in [0.15, 0.2) is 35.9 Å². The number of hydrogen-bond donors (Lipinski definition) is 0. The van der Waals surface area contributed by atoms with E-state index in [0.29, 0.717) is 22.3 Å². The second kappa shape index (κ2) is 11.3. The van der Waals surface area contributed by atoms with Gasteiger partial charge in [0.25, 0.3) is 0 Å². The van der Waals surface area contributed by atoms with Gasteiger partial charge in [-0.05, 0) is 109 Å². The van der Waals surface area contributed by atoms with Crippen LogP contribution in [0, 0.1) is 46.3 Å². The lowest BCUT2D eigenvalue weighted by Crippen LogP contribution is -2.51. The topological polar surface area (TPSA) is 26.3 Å². The fraction of sp³-hybridized carbons (Fsp3) is 0.743. The summed E-state index contributed by atoms with van der Waals surface area (Å²) >= 11 is 5.99. The number of fused-ring (bicyclic) bond motifs is 5. The summed E-state index contributed by atoms with van der Waals surface area (Å²) in [7, 11) is 0. The van der Waals surface area contributed by atoms with E-state index in [-0.39, 0.29) is 12.1 Å². The summed E-state index contributed by atoms with van der Waals surface area (Å²) in [6, 6.07) is 7.52. The predicted molar refractivity (Wildman–Crippen MR) is 158 cm³/mol. The van der Waals surface area contributed by atoms with Crippen LogP contribution < -0.4 is 0 Å². The molecule has 3 heteroatoms. The van der Waals surface area contributed by atoms with Crippen LogP contribution in [0.4, 0.5) is 0 Å². The van der Waals surface area contributed by atoms with Gasteiger partial charge >= 0.3 is 5.97 Å². The lowest BCUT2D eigenvalue weighted by molar-refractivity contribution is -0.150. The number of benzene rings is 1. The first-order valence-electron chi connectivity index (χ1n) is 15.7. The average molecular weight is 539 g/mol. The molecule has 0 spiro atoms. The highest BCUT2D eigenvalue weighted by Gasteiger charge is 2.59. The minimum atomic E-state index is -0.108. The molecule has 0 bridgehead atoms. The van der Waals surface area contributed by atoms with Gasteiger partial charge in [0, 0.05) is 11.4 Å². The summed E-state index contributed by atoms with van der Waals surface area (Å²) in [6.07, 6.45) is 17.2. The normalized spacial score (nSPS) is 37.1. The summed E-state index contributed by atoms with van der Waals surface area (Å²) in [6.45, 7) is 12.5. The zero-order chi connectivity index (χ0) is 27.1. The second-order valence-corrected chi connectivity index (χ2v) is 14.9. The number of hydrogen-bond acceptors (Lipinski definition) is 2. The van der Waals surface area contributed by atoms with Crippen LogP contribution in [0.25, 0.3) is 0 Å². The smallest absolute Gasteiger partial charge is 0.310 e. The second-order valence-electron chi connectivity index (χ2n) is 14.4. The molecule has 38 heavy (non-hydrogen) atoms. The van der Waals surface area contributed by atoms with Gasteiger partial charge in [0.15, 0.2) is 0 Å². The lowest BCUT2D eigenvalue weighted by atomic mass is 9.47. The number of ether oxygens (including phenoxy) is 1. The van der Waals surface area contributed by atoms with Crippen molar-refractivity contribution in [1.82, 2.24) is 0 Å². The molecule has 2 nitrogen and oxygen atoms in total. The molecule has 1 aromatic rings. The number of halogens is 1. The first-order valence-corrected chi connectivity index (χ1v) is 16.1. The molecular formula is C35H51ClO2. The zero-order valence-electron chi connectivity index (χ0n) is 24.6. The minimum Gasteiger partial charge on any atom is -0.462 e. The number of carbonyl (C=O) groups is 1. The maximum absolute atomic E-state index is 12.7. The Morgan fingerprint density at radius 3 is 2.50 bits per heavy atom. The molecule has 0 heterocycles. The highest BCUT2D eigenvalue weighted by molar-refractivity contribution is 6.30. The van der Waals surface area contributed by atoms with E-state index < -0.39 is 0 Å². The Hall–Kier alpha value is -1.28. The molecule has 4 unspecified atom stereocenters. The van der Waals surface area contributed by atoms with Crippen LogP contribution in [0.3, 0.4) is 0 Å². The third-order valence-electron chi connectivity index (χ3n) is 11.8. The molecular weight excluding hydrogens is 488 g/mol. The Kier molecular flexibility index (Phi) is 8.41. The molecule has 0 aliphatic heterocycles. The van der Waals surface area contributed by atoms with Crippen molar-refractivity contribution in [3.63, 3.8) is 0 Å². The van der Waals surface area contributed by atoms with E-state index in [1.165, 1.54) is 51.4 Å². The fourth-order valence-electron chi connectivity index (χ4n) is 9.75. The fourth-order valence-corrected chi connectivity index (χ4v) is 9.88. The lowest BCUT2D eigenvalue weighted by Gasteiger charge is -2.58. The molecule has 0 amide bonds. The largest absolute Gasteiger partial charge is 0.462 e. The van der Waals surface area contributed by atoms with Gasteiger partial charge in [-0.3, -0.25) is 4.79 Å². The number of esters is 1. The SMILES string of the molecule is CC(C)CCC[C@@H](C)[C@H]1CCC2C3CC=C4CC(OC(=O)Cc5ccc(Cl)cc5)CC[C@]4(C)C3CC[C@@]21C. The molecule has 3 saturated carbocycles. The molecule has 0 radical (unpaired) electrons. The molecule has 0 saturated heterocycles. The van der Waals surface area contributed by atoms with E-state index in [0.717, 1.165) is 60.3 Å². The van der Waals surface area contributed by atoms with Crippen LogP contribution in [-0.4, -0.2) is 12.1 Å². The van der Waals surface area contributed by atoms with E-state index in [2.05, 4.69) is 40.7 Å². The van der Waals surface area contributed by atoms with Gasteiger partial charge in [0.05, 0.1) is 6.42 Å². The maximum Gasteiger partial charge on any atom is 0.310 e. The Morgan fingerprint density at radius 2 is 1.76 bits per heavy atom. The van der Waals surface area contributed by atoms with E-state index in [4.69, 9.17) is 16.3 Å². The predicted octanol–water partition coefficient (Wildman–Crippen LogP) is 9.84. The van der Waals surface area contributed by atoms with Crippen molar-refractivity contribution in [3.05, 3.63) is 46.5 Å². The Labute approximate surface area is 237 Å². The van der Waals surface area contributed by atoms with E-state index in [9.17, 15) is 4.79 Å². The van der Waals surface area contributed by atoms with Gasteiger partial charge in [-0.1, -0.05) is 89.3 Å². The summed E-state index contributed by atoms with van der Waals surface area (Å²) in [5, 5.41) is 0.698. The van der Waals surface area contributed by atoms with Crippen LogP contribution in [0.2, 0.25) is 5.02 Å². The Morgan fingerprint density at radius 1 is 1.00 bits per heavy atom. The summed E-state index contributed by atoms with van der Waals surface area (Å²) in [4.78, 5) is 12.7. The number of rotatable bonds is 8. The minimum absolute atomic E-state index is 0.0297. The van der Waals surface area contributed by atoms with Gasteiger partial charge in [-0.15, -0.1) is 0 Å². The third kappa shape index (κ3) is 5.50. The highest BCUT2D eigenvalue weighted by atomic mass is 35.5. The third-order valence-corrected chi connectivity index (χ3v) is 12.1. The van der Waals surface area contributed by atoms with Gasteiger partial charge in [-0.2, -0.15) is 0 Å².